The minimum Gasteiger partial charge on any atom is -0.317 e. The lowest BCUT2D eigenvalue weighted by Gasteiger charge is -2.48. The van der Waals surface area contributed by atoms with Gasteiger partial charge < -0.3 is 5.32 Å². The first kappa shape index (κ1) is 18.5. The van der Waals surface area contributed by atoms with Crippen LogP contribution in [0.2, 0.25) is 0 Å². The molecule has 0 aliphatic carbocycles. The van der Waals surface area contributed by atoms with Gasteiger partial charge in [0.1, 0.15) is 0 Å². The molecule has 0 spiro atoms. The Balaban J connectivity index is 0.000001000. The van der Waals surface area contributed by atoms with Crippen molar-refractivity contribution in [1.29, 1.82) is 0 Å². The van der Waals surface area contributed by atoms with Crippen LogP contribution >= 0.6 is 24.8 Å². The lowest BCUT2D eigenvalue weighted by atomic mass is 9.93. The summed E-state index contributed by atoms with van der Waals surface area (Å²) in [6.07, 6.45) is 7.10. The van der Waals surface area contributed by atoms with Crippen molar-refractivity contribution in [3.8, 4) is 0 Å². The molecule has 3 nitrogen and oxygen atoms in total. The van der Waals surface area contributed by atoms with Gasteiger partial charge in [0.25, 0.3) is 0 Å². The Hall–Kier alpha value is 0.460. The molecule has 0 radical (unpaired) electrons. The maximum Gasteiger partial charge on any atom is 0.0223 e. The highest BCUT2D eigenvalue weighted by Gasteiger charge is 2.33. The van der Waals surface area contributed by atoms with Gasteiger partial charge in [0.15, 0.2) is 0 Å². The quantitative estimate of drug-likeness (QED) is 0.841. The van der Waals surface area contributed by atoms with Crippen molar-refractivity contribution >= 4 is 24.8 Å². The molecule has 3 aliphatic rings. The molecule has 0 aromatic rings. The average molecular weight is 324 g/mol. The zero-order valence-electron chi connectivity index (χ0n) is 12.7. The van der Waals surface area contributed by atoms with Crippen molar-refractivity contribution in [3.05, 3.63) is 0 Å². The fraction of sp³-hybridized carbons (Fsp3) is 1.00. The van der Waals surface area contributed by atoms with E-state index in [-0.39, 0.29) is 24.8 Å². The zero-order chi connectivity index (χ0) is 12.4. The monoisotopic (exact) mass is 323 g/mol. The van der Waals surface area contributed by atoms with Crippen molar-refractivity contribution in [1.82, 2.24) is 15.1 Å². The van der Waals surface area contributed by atoms with E-state index in [0.717, 1.165) is 18.0 Å². The van der Waals surface area contributed by atoms with E-state index in [1.807, 2.05) is 0 Å². The molecule has 0 aromatic carbocycles. The predicted octanol–water partition coefficient (Wildman–Crippen LogP) is 2.39. The molecule has 0 aromatic heterocycles. The second-order valence-corrected chi connectivity index (χ2v) is 6.64. The standard InChI is InChI=1S/C15H29N3.2ClH/c1-13-10-17-9-3-2-4-15(17)12-18(13)11-14-5-7-16-8-6-14;;/h13-16H,2-12H2,1H3;2*1H. The molecule has 0 amide bonds. The summed E-state index contributed by atoms with van der Waals surface area (Å²) in [6.45, 7) is 10.3. The number of nitrogens with zero attached hydrogens (tertiary/aromatic N) is 2. The summed E-state index contributed by atoms with van der Waals surface area (Å²) in [5.41, 5.74) is 0. The smallest absolute Gasteiger partial charge is 0.0223 e. The lowest BCUT2D eigenvalue weighted by molar-refractivity contribution is 0.00551. The molecule has 2 atom stereocenters. The number of piperidine rings is 2. The summed E-state index contributed by atoms with van der Waals surface area (Å²) < 4.78 is 0. The molecule has 3 heterocycles. The normalized spacial score (nSPS) is 32.9. The summed E-state index contributed by atoms with van der Waals surface area (Å²) in [6, 6.07) is 1.64. The van der Waals surface area contributed by atoms with Crippen LogP contribution in [0.4, 0.5) is 0 Å². The van der Waals surface area contributed by atoms with E-state index in [4.69, 9.17) is 0 Å². The SMILES string of the molecule is CC1CN2CCCCC2CN1CC1CCNCC1.Cl.Cl. The fourth-order valence-corrected chi connectivity index (χ4v) is 4.06. The number of hydrogen-bond acceptors (Lipinski definition) is 3. The molecule has 3 fully saturated rings. The first-order valence-corrected chi connectivity index (χ1v) is 8.02. The van der Waals surface area contributed by atoms with Crippen molar-refractivity contribution in [2.75, 3.05) is 39.3 Å². The molecule has 5 heteroatoms. The van der Waals surface area contributed by atoms with Gasteiger partial charge in [-0.3, -0.25) is 9.80 Å². The Morgan fingerprint density at radius 3 is 2.50 bits per heavy atom. The molecule has 2 unspecified atom stereocenters. The maximum absolute atomic E-state index is 3.48. The molecule has 1 N–H and O–H groups in total. The second kappa shape index (κ2) is 8.79. The molecule has 0 saturated carbocycles. The fourth-order valence-electron chi connectivity index (χ4n) is 4.06. The number of hydrogen-bond donors (Lipinski definition) is 1. The van der Waals surface area contributed by atoms with Gasteiger partial charge in [-0.2, -0.15) is 0 Å². The molecule has 120 valence electrons. The Morgan fingerprint density at radius 2 is 1.75 bits per heavy atom. The Kier molecular flexibility index (Phi) is 8.14. The van der Waals surface area contributed by atoms with Crippen LogP contribution < -0.4 is 5.32 Å². The largest absolute Gasteiger partial charge is 0.317 e. The van der Waals surface area contributed by atoms with Gasteiger partial charge in [-0.05, 0) is 58.2 Å². The van der Waals surface area contributed by atoms with Gasteiger partial charge in [-0.25, -0.2) is 0 Å². The van der Waals surface area contributed by atoms with Crippen LogP contribution in [0.1, 0.15) is 39.0 Å². The third-order valence-corrected chi connectivity index (χ3v) is 5.27. The van der Waals surface area contributed by atoms with Gasteiger partial charge in [0.2, 0.25) is 0 Å². The molecule has 20 heavy (non-hydrogen) atoms. The van der Waals surface area contributed by atoms with Crippen LogP contribution in [-0.4, -0.2) is 61.2 Å². The topological polar surface area (TPSA) is 18.5 Å². The van der Waals surface area contributed by atoms with Crippen LogP contribution in [0.25, 0.3) is 0 Å². The second-order valence-electron chi connectivity index (χ2n) is 6.64. The first-order chi connectivity index (χ1) is 8.83. The van der Waals surface area contributed by atoms with Gasteiger partial charge in [-0.15, -0.1) is 24.8 Å². The minimum absolute atomic E-state index is 0. The molecule has 0 bridgehead atoms. The summed E-state index contributed by atoms with van der Waals surface area (Å²) >= 11 is 0. The highest BCUT2D eigenvalue weighted by molar-refractivity contribution is 5.85. The Morgan fingerprint density at radius 1 is 1.00 bits per heavy atom. The number of nitrogens with one attached hydrogen (secondary N) is 1. The van der Waals surface area contributed by atoms with E-state index in [1.165, 1.54) is 71.4 Å². The van der Waals surface area contributed by atoms with E-state index in [2.05, 4.69) is 22.0 Å². The molecular weight excluding hydrogens is 293 g/mol. The third kappa shape index (κ3) is 4.48. The van der Waals surface area contributed by atoms with Crippen LogP contribution in [-0.2, 0) is 0 Å². The highest BCUT2D eigenvalue weighted by Crippen LogP contribution is 2.25. The number of halogens is 2. The van der Waals surface area contributed by atoms with Crippen molar-refractivity contribution in [2.45, 2.75) is 51.1 Å². The number of fused-ring (bicyclic) bond motifs is 1. The predicted molar refractivity (Wildman–Crippen MR) is 90.3 cm³/mol. The van der Waals surface area contributed by atoms with E-state index >= 15 is 0 Å². The Bertz CT molecular complexity index is 270. The van der Waals surface area contributed by atoms with Crippen LogP contribution in [0.5, 0.6) is 0 Å². The summed E-state index contributed by atoms with van der Waals surface area (Å²) in [7, 11) is 0. The Labute approximate surface area is 136 Å². The van der Waals surface area contributed by atoms with Crippen molar-refractivity contribution in [3.63, 3.8) is 0 Å². The lowest BCUT2D eigenvalue weighted by Crippen LogP contribution is -2.59. The van der Waals surface area contributed by atoms with Gasteiger partial charge in [-0.1, -0.05) is 6.42 Å². The van der Waals surface area contributed by atoms with E-state index in [1.54, 1.807) is 0 Å². The summed E-state index contributed by atoms with van der Waals surface area (Å²) in [5, 5.41) is 3.48. The minimum atomic E-state index is 0. The number of piperazine rings is 1. The molecule has 3 aliphatic heterocycles. The first-order valence-electron chi connectivity index (χ1n) is 8.02. The molecular formula is C15H31Cl2N3. The van der Waals surface area contributed by atoms with E-state index in [0.29, 0.717) is 0 Å². The van der Waals surface area contributed by atoms with Gasteiger partial charge in [0.05, 0.1) is 0 Å². The van der Waals surface area contributed by atoms with Crippen LogP contribution in [0, 0.1) is 5.92 Å². The van der Waals surface area contributed by atoms with Crippen LogP contribution in [0.3, 0.4) is 0 Å². The molecule has 3 saturated heterocycles. The summed E-state index contributed by atoms with van der Waals surface area (Å²) in [5.74, 6) is 0.948. The van der Waals surface area contributed by atoms with Crippen molar-refractivity contribution in [2.24, 2.45) is 5.92 Å². The van der Waals surface area contributed by atoms with E-state index < -0.39 is 0 Å². The van der Waals surface area contributed by atoms with Gasteiger partial charge >= 0.3 is 0 Å². The van der Waals surface area contributed by atoms with Crippen molar-refractivity contribution < 1.29 is 0 Å². The van der Waals surface area contributed by atoms with E-state index in [9.17, 15) is 0 Å². The summed E-state index contributed by atoms with van der Waals surface area (Å²) in [4.78, 5) is 5.55. The molecule has 3 rings (SSSR count). The third-order valence-electron chi connectivity index (χ3n) is 5.27. The zero-order valence-corrected chi connectivity index (χ0v) is 14.4. The van der Waals surface area contributed by atoms with Gasteiger partial charge in [0, 0.05) is 31.7 Å². The average Bonchev–Trinajstić information content (AvgIpc) is 2.41. The number of rotatable bonds is 2. The highest BCUT2D eigenvalue weighted by atomic mass is 35.5. The maximum atomic E-state index is 3.48. The van der Waals surface area contributed by atoms with Crippen LogP contribution in [0.15, 0.2) is 0 Å².